The van der Waals surface area contributed by atoms with Gasteiger partial charge in [-0.25, -0.2) is 0 Å². The summed E-state index contributed by atoms with van der Waals surface area (Å²) < 4.78 is 12.0. The van der Waals surface area contributed by atoms with Crippen LogP contribution in [0.15, 0.2) is 30.3 Å². The lowest BCUT2D eigenvalue weighted by Crippen LogP contribution is -2.51. The molecule has 0 aromatic heterocycles. The number of rotatable bonds is 5. The van der Waals surface area contributed by atoms with Crippen LogP contribution in [0.3, 0.4) is 0 Å². The SMILES string of the molecule is NNC(COc1ccccc1)C1CCOC2(CCSC2)C1. The molecule has 0 saturated carbocycles. The highest BCUT2D eigenvalue weighted by molar-refractivity contribution is 7.99. The summed E-state index contributed by atoms with van der Waals surface area (Å²) in [6, 6.07) is 10.1. The van der Waals surface area contributed by atoms with Gasteiger partial charge in [0.05, 0.1) is 11.6 Å². The number of hydrogen-bond donors (Lipinski definition) is 2. The van der Waals surface area contributed by atoms with Gasteiger partial charge in [-0.3, -0.25) is 11.3 Å². The van der Waals surface area contributed by atoms with Crippen LogP contribution in [0.25, 0.3) is 0 Å². The van der Waals surface area contributed by atoms with Crippen molar-refractivity contribution in [2.24, 2.45) is 11.8 Å². The molecule has 3 atom stereocenters. The monoisotopic (exact) mass is 308 g/mol. The molecule has 1 aromatic carbocycles. The maximum Gasteiger partial charge on any atom is 0.119 e. The molecule has 1 spiro atoms. The molecule has 3 unspecified atom stereocenters. The van der Waals surface area contributed by atoms with E-state index in [1.165, 1.54) is 12.2 Å². The van der Waals surface area contributed by atoms with Gasteiger partial charge < -0.3 is 9.47 Å². The van der Waals surface area contributed by atoms with Gasteiger partial charge in [0, 0.05) is 12.4 Å². The highest BCUT2D eigenvalue weighted by Crippen LogP contribution is 2.41. The molecule has 2 saturated heterocycles. The number of nitrogens with two attached hydrogens (primary N) is 1. The Hall–Kier alpha value is -0.750. The van der Waals surface area contributed by atoms with Crippen LogP contribution in [0.1, 0.15) is 19.3 Å². The third kappa shape index (κ3) is 3.72. The Morgan fingerprint density at radius 2 is 2.29 bits per heavy atom. The summed E-state index contributed by atoms with van der Waals surface area (Å²) in [4.78, 5) is 0. The van der Waals surface area contributed by atoms with Crippen LogP contribution in [-0.4, -0.2) is 36.4 Å². The van der Waals surface area contributed by atoms with Crippen molar-refractivity contribution in [3.05, 3.63) is 30.3 Å². The molecule has 2 aliphatic rings. The van der Waals surface area contributed by atoms with Crippen molar-refractivity contribution in [2.45, 2.75) is 30.9 Å². The van der Waals surface area contributed by atoms with E-state index < -0.39 is 0 Å². The van der Waals surface area contributed by atoms with Crippen LogP contribution >= 0.6 is 11.8 Å². The van der Waals surface area contributed by atoms with Gasteiger partial charge in [-0.05, 0) is 43.1 Å². The first-order valence-corrected chi connectivity index (χ1v) is 8.82. The van der Waals surface area contributed by atoms with Crippen molar-refractivity contribution in [2.75, 3.05) is 24.7 Å². The van der Waals surface area contributed by atoms with E-state index >= 15 is 0 Å². The molecule has 3 rings (SSSR count). The molecule has 0 amide bonds. The Labute approximate surface area is 130 Å². The van der Waals surface area contributed by atoms with Crippen molar-refractivity contribution < 1.29 is 9.47 Å². The minimum atomic E-state index is 0.0927. The fraction of sp³-hybridized carbons (Fsp3) is 0.625. The minimum absolute atomic E-state index is 0.0927. The second kappa shape index (κ2) is 7.01. The number of ether oxygens (including phenoxy) is 2. The van der Waals surface area contributed by atoms with Crippen molar-refractivity contribution in [1.29, 1.82) is 0 Å². The third-order valence-electron chi connectivity index (χ3n) is 4.55. The predicted molar refractivity (Wildman–Crippen MR) is 86.4 cm³/mol. The largest absolute Gasteiger partial charge is 0.492 e. The molecule has 0 radical (unpaired) electrons. The van der Waals surface area contributed by atoms with E-state index in [1.54, 1.807) is 0 Å². The number of nitrogens with one attached hydrogen (secondary N) is 1. The molecule has 2 aliphatic heterocycles. The maximum atomic E-state index is 6.08. The fourth-order valence-corrected chi connectivity index (χ4v) is 4.67. The summed E-state index contributed by atoms with van der Waals surface area (Å²) in [5.74, 6) is 9.54. The van der Waals surface area contributed by atoms with Crippen molar-refractivity contribution >= 4 is 11.8 Å². The number of thioether (sulfide) groups is 1. The van der Waals surface area contributed by atoms with Crippen LogP contribution in [0.5, 0.6) is 5.75 Å². The normalized spacial score (nSPS) is 30.4. The molecule has 116 valence electrons. The summed E-state index contributed by atoms with van der Waals surface area (Å²) >= 11 is 2.00. The van der Waals surface area contributed by atoms with Gasteiger partial charge in [0.15, 0.2) is 0 Å². The van der Waals surface area contributed by atoms with E-state index in [2.05, 4.69) is 5.43 Å². The van der Waals surface area contributed by atoms with Gasteiger partial charge in [0.1, 0.15) is 12.4 Å². The van der Waals surface area contributed by atoms with Crippen LogP contribution in [0, 0.1) is 5.92 Å². The fourth-order valence-electron chi connectivity index (χ4n) is 3.30. The first kappa shape index (κ1) is 15.2. The lowest BCUT2D eigenvalue weighted by Gasteiger charge is -2.40. The number of benzene rings is 1. The van der Waals surface area contributed by atoms with E-state index in [0.717, 1.165) is 31.0 Å². The Morgan fingerprint density at radius 1 is 1.43 bits per heavy atom. The minimum Gasteiger partial charge on any atom is -0.492 e. The van der Waals surface area contributed by atoms with E-state index in [0.29, 0.717) is 12.5 Å². The summed E-state index contributed by atoms with van der Waals surface area (Å²) in [5, 5.41) is 0. The molecule has 4 nitrogen and oxygen atoms in total. The molecule has 3 N–H and O–H groups in total. The molecule has 2 heterocycles. The highest BCUT2D eigenvalue weighted by atomic mass is 32.2. The summed E-state index contributed by atoms with van der Waals surface area (Å²) in [6.45, 7) is 1.45. The van der Waals surface area contributed by atoms with Crippen LogP contribution < -0.4 is 16.0 Å². The Bertz CT molecular complexity index is 437. The van der Waals surface area contributed by atoms with Crippen LogP contribution in [0.2, 0.25) is 0 Å². The van der Waals surface area contributed by atoms with Crippen molar-refractivity contribution in [1.82, 2.24) is 5.43 Å². The average molecular weight is 308 g/mol. The quantitative estimate of drug-likeness (QED) is 0.645. The van der Waals surface area contributed by atoms with E-state index in [4.69, 9.17) is 15.3 Å². The van der Waals surface area contributed by atoms with Crippen molar-refractivity contribution in [3.63, 3.8) is 0 Å². The van der Waals surface area contributed by atoms with Crippen LogP contribution in [0.4, 0.5) is 0 Å². The van der Waals surface area contributed by atoms with E-state index in [1.807, 2.05) is 42.1 Å². The topological polar surface area (TPSA) is 56.5 Å². The first-order valence-electron chi connectivity index (χ1n) is 7.67. The average Bonchev–Trinajstić information content (AvgIpc) is 2.97. The molecule has 0 aliphatic carbocycles. The Balaban J connectivity index is 1.57. The third-order valence-corrected chi connectivity index (χ3v) is 5.78. The van der Waals surface area contributed by atoms with Gasteiger partial charge in [-0.1, -0.05) is 18.2 Å². The molecular formula is C16H24N2O2S. The second-order valence-electron chi connectivity index (χ2n) is 5.98. The van der Waals surface area contributed by atoms with Gasteiger partial charge in [0.25, 0.3) is 0 Å². The van der Waals surface area contributed by atoms with Crippen LogP contribution in [-0.2, 0) is 4.74 Å². The zero-order valence-corrected chi connectivity index (χ0v) is 13.1. The van der Waals surface area contributed by atoms with Gasteiger partial charge in [-0.15, -0.1) is 0 Å². The zero-order chi connectivity index (χ0) is 14.5. The van der Waals surface area contributed by atoms with Gasteiger partial charge in [0.2, 0.25) is 0 Å². The number of hydrazine groups is 1. The smallest absolute Gasteiger partial charge is 0.119 e. The lowest BCUT2D eigenvalue weighted by molar-refractivity contribution is -0.0870. The zero-order valence-electron chi connectivity index (χ0n) is 12.3. The highest BCUT2D eigenvalue weighted by Gasteiger charge is 2.42. The van der Waals surface area contributed by atoms with Gasteiger partial charge >= 0.3 is 0 Å². The predicted octanol–water partition coefficient (Wildman–Crippen LogP) is 2.20. The second-order valence-corrected chi connectivity index (χ2v) is 7.09. The van der Waals surface area contributed by atoms with E-state index in [-0.39, 0.29) is 11.6 Å². The summed E-state index contributed by atoms with van der Waals surface area (Å²) in [7, 11) is 0. The number of hydrogen-bond acceptors (Lipinski definition) is 5. The molecule has 0 bridgehead atoms. The molecular weight excluding hydrogens is 284 g/mol. The summed E-state index contributed by atoms with van der Waals surface area (Å²) in [5.41, 5.74) is 3.05. The Morgan fingerprint density at radius 3 is 3.00 bits per heavy atom. The lowest BCUT2D eigenvalue weighted by atomic mass is 9.81. The molecule has 21 heavy (non-hydrogen) atoms. The standard InChI is InChI=1S/C16H24N2O2S/c17-18-15(11-19-14-4-2-1-3-5-14)13-6-8-20-16(10-13)7-9-21-12-16/h1-5,13,15,18H,6-12,17H2. The van der Waals surface area contributed by atoms with Gasteiger partial charge in [-0.2, -0.15) is 11.8 Å². The molecule has 2 fully saturated rings. The van der Waals surface area contributed by atoms with E-state index in [9.17, 15) is 0 Å². The first-order chi connectivity index (χ1) is 10.3. The molecule has 1 aromatic rings. The maximum absolute atomic E-state index is 6.08. The molecule has 5 heteroatoms. The summed E-state index contributed by atoms with van der Waals surface area (Å²) in [6.07, 6.45) is 3.32. The Kier molecular flexibility index (Phi) is 5.06. The van der Waals surface area contributed by atoms with Crippen molar-refractivity contribution in [3.8, 4) is 5.75 Å². The number of para-hydroxylation sites is 1.